The molecular weight excluding hydrogens is 272 g/mol. The van der Waals surface area contributed by atoms with Gasteiger partial charge in [-0.3, -0.25) is 9.36 Å². The Morgan fingerprint density at radius 1 is 1.40 bits per heavy atom. The minimum absolute atomic E-state index is 0.184. The van der Waals surface area contributed by atoms with Crippen molar-refractivity contribution in [1.29, 1.82) is 0 Å². The summed E-state index contributed by atoms with van der Waals surface area (Å²) >= 11 is 1.28. The van der Waals surface area contributed by atoms with Crippen molar-refractivity contribution in [2.24, 2.45) is 5.73 Å². The quantitative estimate of drug-likeness (QED) is 0.652. The normalized spacial score (nSPS) is 10.4. The van der Waals surface area contributed by atoms with Crippen LogP contribution in [0.2, 0.25) is 0 Å². The minimum atomic E-state index is -0.375. The van der Waals surface area contributed by atoms with Gasteiger partial charge in [-0.2, -0.15) is 0 Å². The summed E-state index contributed by atoms with van der Waals surface area (Å²) in [5, 5.41) is 9.00. The summed E-state index contributed by atoms with van der Waals surface area (Å²) in [6, 6.07) is 8.06. The molecule has 1 amide bonds. The molecule has 2 rings (SSSR count). The fourth-order valence-corrected chi connectivity index (χ4v) is 2.43. The number of rotatable bonds is 6. The van der Waals surface area contributed by atoms with Gasteiger partial charge in [-0.15, -0.1) is 16.8 Å². The first kappa shape index (κ1) is 14.3. The van der Waals surface area contributed by atoms with Crippen molar-refractivity contribution >= 4 is 17.7 Å². The molecule has 1 aromatic heterocycles. The van der Waals surface area contributed by atoms with Crippen molar-refractivity contribution in [3.63, 3.8) is 0 Å². The topological polar surface area (TPSA) is 73.8 Å². The molecule has 0 saturated heterocycles. The molecule has 0 unspecified atom stereocenters. The van der Waals surface area contributed by atoms with Gasteiger partial charge in [0.15, 0.2) is 11.0 Å². The molecule has 1 aromatic carbocycles. The van der Waals surface area contributed by atoms with Crippen molar-refractivity contribution in [3.05, 3.63) is 42.5 Å². The molecule has 0 atom stereocenters. The summed E-state index contributed by atoms with van der Waals surface area (Å²) < 4.78 is 1.92. The summed E-state index contributed by atoms with van der Waals surface area (Å²) in [7, 11) is 0. The number of carbonyl (C=O) groups excluding carboxylic acids is 1. The number of thioether (sulfide) groups is 1. The third-order valence-corrected chi connectivity index (χ3v) is 3.67. The van der Waals surface area contributed by atoms with Crippen LogP contribution >= 0.6 is 11.8 Å². The van der Waals surface area contributed by atoms with Crippen LogP contribution in [0.1, 0.15) is 5.56 Å². The highest BCUT2D eigenvalue weighted by Crippen LogP contribution is 2.24. The van der Waals surface area contributed by atoms with Crippen LogP contribution in [0.5, 0.6) is 0 Å². The molecule has 0 saturated carbocycles. The molecule has 0 fully saturated rings. The molecular formula is C14H16N4OS. The number of aryl methyl sites for hydroxylation is 1. The third-order valence-electron chi connectivity index (χ3n) is 2.68. The molecule has 2 aromatic rings. The van der Waals surface area contributed by atoms with E-state index >= 15 is 0 Å². The molecule has 0 bridgehead atoms. The number of carbonyl (C=O) groups is 1. The van der Waals surface area contributed by atoms with Crippen LogP contribution in [0.25, 0.3) is 11.4 Å². The van der Waals surface area contributed by atoms with E-state index in [0.29, 0.717) is 11.7 Å². The van der Waals surface area contributed by atoms with Crippen molar-refractivity contribution in [1.82, 2.24) is 14.8 Å². The van der Waals surface area contributed by atoms with Crippen LogP contribution in [-0.4, -0.2) is 26.4 Å². The molecule has 6 heteroatoms. The Hall–Kier alpha value is -2.08. The minimum Gasteiger partial charge on any atom is -0.369 e. The molecule has 0 aliphatic heterocycles. The fourth-order valence-electron chi connectivity index (χ4n) is 1.74. The molecule has 5 nitrogen and oxygen atoms in total. The van der Waals surface area contributed by atoms with E-state index in [-0.39, 0.29) is 11.7 Å². The van der Waals surface area contributed by atoms with E-state index in [0.717, 1.165) is 11.4 Å². The molecule has 0 radical (unpaired) electrons. The van der Waals surface area contributed by atoms with Crippen LogP contribution in [0.15, 0.2) is 42.1 Å². The maximum atomic E-state index is 10.9. The summed E-state index contributed by atoms with van der Waals surface area (Å²) in [5.74, 6) is 0.570. The number of allylic oxidation sites excluding steroid dienone is 1. The van der Waals surface area contributed by atoms with Crippen molar-refractivity contribution in [2.75, 3.05) is 5.75 Å². The molecule has 1 heterocycles. The van der Waals surface area contributed by atoms with Gasteiger partial charge in [0.1, 0.15) is 0 Å². The zero-order valence-corrected chi connectivity index (χ0v) is 12.1. The van der Waals surface area contributed by atoms with Crippen LogP contribution in [0, 0.1) is 6.92 Å². The lowest BCUT2D eigenvalue weighted by atomic mass is 10.1. The maximum absolute atomic E-state index is 10.9. The first-order chi connectivity index (χ1) is 9.61. The van der Waals surface area contributed by atoms with Crippen molar-refractivity contribution in [3.8, 4) is 11.4 Å². The van der Waals surface area contributed by atoms with E-state index in [1.54, 1.807) is 6.08 Å². The number of nitrogens with two attached hydrogens (primary N) is 1. The Labute approximate surface area is 121 Å². The number of primary amides is 1. The molecule has 0 aliphatic carbocycles. The number of nitrogens with zero attached hydrogens (tertiary/aromatic N) is 3. The predicted octanol–water partition coefficient (Wildman–Crippen LogP) is 2.02. The van der Waals surface area contributed by atoms with E-state index in [4.69, 9.17) is 5.73 Å². The first-order valence-corrected chi connectivity index (χ1v) is 7.12. The predicted molar refractivity (Wildman–Crippen MR) is 80.3 cm³/mol. The maximum Gasteiger partial charge on any atom is 0.227 e. The Balaban J connectivity index is 2.35. The van der Waals surface area contributed by atoms with Crippen LogP contribution in [-0.2, 0) is 11.3 Å². The highest BCUT2D eigenvalue weighted by Gasteiger charge is 2.13. The van der Waals surface area contributed by atoms with Gasteiger partial charge in [-0.25, -0.2) is 0 Å². The largest absolute Gasteiger partial charge is 0.369 e. The number of aromatic nitrogens is 3. The summed E-state index contributed by atoms with van der Waals surface area (Å²) in [6.07, 6.45) is 1.77. The van der Waals surface area contributed by atoms with Gasteiger partial charge in [0.05, 0.1) is 5.75 Å². The summed E-state index contributed by atoms with van der Waals surface area (Å²) in [4.78, 5) is 10.9. The average Bonchev–Trinajstić information content (AvgIpc) is 2.81. The molecule has 0 spiro atoms. The Morgan fingerprint density at radius 3 is 2.70 bits per heavy atom. The molecule has 0 aliphatic rings. The van der Waals surface area contributed by atoms with Gasteiger partial charge in [0, 0.05) is 12.1 Å². The van der Waals surface area contributed by atoms with E-state index in [2.05, 4.69) is 16.8 Å². The lowest BCUT2D eigenvalue weighted by Gasteiger charge is -2.07. The Morgan fingerprint density at radius 2 is 2.10 bits per heavy atom. The zero-order chi connectivity index (χ0) is 14.5. The number of hydrogen-bond donors (Lipinski definition) is 1. The average molecular weight is 288 g/mol. The van der Waals surface area contributed by atoms with Gasteiger partial charge in [-0.1, -0.05) is 47.7 Å². The van der Waals surface area contributed by atoms with Gasteiger partial charge in [0.25, 0.3) is 0 Å². The summed E-state index contributed by atoms with van der Waals surface area (Å²) in [6.45, 7) is 6.36. The summed E-state index contributed by atoms with van der Waals surface area (Å²) in [5.41, 5.74) is 7.33. The van der Waals surface area contributed by atoms with Crippen molar-refractivity contribution < 1.29 is 4.79 Å². The lowest BCUT2D eigenvalue weighted by molar-refractivity contribution is -0.115. The smallest absolute Gasteiger partial charge is 0.227 e. The molecule has 2 N–H and O–H groups in total. The van der Waals surface area contributed by atoms with E-state index in [1.807, 2.05) is 35.8 Å². The Kier molecular flexibility index (Phi) is 4.57. The Bertz CT molecular complexity index is 619. The second-order valence-electron chi connectivity index (χ2n) is 4.33. The number of hydrogen-bond acceptors (Lipinski definition) is 4. The molecule has 104 valence electrons. The van der Waals surface area contributed by atoms with Crippen LogP contribution < -0.4 is 5.73 Å². The van der Waals surface area contributed by atoms with Gasteiger partial charge < -0.3 is 5.73 Å². The fraction of sp³-hybridized carbons (Fsp3) is 0.214. The second-order valence-corrected chi connectivity index (χ2v) is 5.27. The van der Waals surface area contributed by atoms with Gasteiger partial charge in [-0.05, 0) is 6.92 Å². The monoisotopic (exact) mass is 288 g/mol. The van der Waals surface area contributed by atoms with E-state index in [9.17, 15) is 4.79 Å². The number of amides is 1. The SMILES string of the molecule is C=CCn1c(SCC(N)=O)nnc1-c1ccc(C)cc1. The van der Waals surface area contributed by atoms with E-state index < -0.39 is 0 Å². The standard InChI is InChI=1S/C14H16N4OS/c1-3-8-18-13(11-6-4-10(2)5-7-11)16-17-14(18)20-9-12(15)19/h3-7H,1,8-9H2,2H3,(H2,15,19). The van der Waals surface area contributed by atoms with E-state index in [1.165, 1.54) is 17.3 Å². The van der Waals surface area contributed by atoms with Crippen molar-refractivity contribution in [2.45, 2.75) is 18.6 Å². The van der Waals surface area contributed by atoms with Crippen LogP contribution in [0.4, 0.5) is 0 Å². The van der Waals surface area contributed by atoms with Gasteiger partial charge in [0.2, 0.25) is 5.91 Å². The van der Waals surface area contributed by atoms with Gasteiger partial charge >= 0.3 is 0 Å². The lowest BCUT2D eigenvalue weighted by Crippen LogP contribution is -2.13. The zero-order valence-electron chi connectivity index (χ0n) is 11.2. The number of benzene rings is 1. The highest BCUT2D eigenvalue weighted by atomic mass is 32.2. The first-order valence-electron chi connectivity index (χ1n) is 6.14. The highest BCUT2D eigenvalue weighted by molar-refractivity contribution is 7.99. The van der Waals surface area contributed by atoms with Crippen LogP contribution in [0.3, 0.4) is 0 Å². The molecule has 20 heavy (non-hydrogen) atoms. The third kappa shape index (κ3) is 3.27. The second kappa shape index (κ2) is 6.38.